The summed E-state index contributed by atoms with van der Waals surface area (Å²) < 4.78 is 5.30. The van der Waals surface area contributed by atoms with E-state index >= 15 is 0 Å². The van der Waals surface area contributed by atoms with Crippen LogP contribution in [-0.2, 0) is 4.74 Å². The predicted molar refractivity (Wildman–Crippen MR) is 93.5 cm³/mol. The van der Waals surface area contributed by atoms with Gasteiger partial charge in [0.1, 0.15) is 5.60 Å². The first-order chi connectivity index (χ1) is 10.7. The maximum Gasteiger partial charge on any atom is 0.407 e. The third-order valence-corrected chi connectivity index (χ3v) is 4.66. The number of hydrogen-bond acceptors (Lipinski definition) is 4. The van der Waals surface area contributed by atoms with Crippen molar-refractivity contribution in [2.75, 3.05) is 6.54 Å². The quantitative estimate of drug-likeness (QED) is 0.671. The largest absolute Gasteiger partial charge is 0.444 e. The van der Waals surface area contributed by atoms with Crippen molar-refractivity contribution in [3.63, 3.8) is 0 Å². The molecular weight excluding hydrogens is 292 g/mol. The molecule has 0 bridgehead atoms. The fraction of sp³-hybridized carbons (Fsp3) is 0.944. The van der Waals surface area contributed by atoms with Gasteiger partial charge in [0, 0.05) is 18.6 Å². The fourth-order valence-corrected chi connectivity index (χ4v) is 3.20. The van der Waals surface area contributed by atoms with Crippen LogP contribution in [0.3, 0.4) is 0 Å². The normalized spacial score (nSPS) is 23.6. The van der Waals surface area contributed by atoms with Gasteiger partial charge in [0.15, 0.2) is 0 Å². The Hall–Kier alpha value is -0.810. The van der Waals surface area contributed by atoms with Gasteiger partial charge in [-0.1, -0.05) is 26.7 Å². The van der Waals surface area contributed by atoms with Crippen LogP contribution >= 0.6 is 0 Å². The Bertz CT molecular complexity index is 343. The molecule has 3 N–H and O–H groups in total. The van der Waals surface area contributed by atoms with Crippen molar-refractivity contribution in [1.29, 1.82) is 0 Å². The second kappa shape index (κ2) is 9.48. The zero-order valence-electron chi connectivity index (χ0n) is 15.5. The van der Waals surface area contributed by atoms with Gasteiger partial charge in [-0.05, 0) is 52.4 Å². The second-order valence-corrected chi connectivity index (χ2v) is 7.75. The topological polar surface area (TPSA) is 70.6 Å². The number of rotatable bonds is 7. The summed E-state index contributed by atoms with van der Waals surface area (Å²) >= 11 is 0. The summed E-state index contributed by atoms with van der Waals surface area (Å²) in [5, 5.41) is 16.6. The lowest BCUT2D eigenvalue weighted by Crippen LogP contribution is -2.45. The molecule has 0 saturated heterocycles. The minimum atomic E-state index is -0.450. The van der Waals surface area contributed by atoms with Gasteiger partial charge in [0.05, 0.1) is 6.10 Å². The number of nitrogens with one attached hydrogen (secondary N) is 2. The highest BCUT2D eigenvalue weighted by atomic mass is 16.6. The van der Waals surface area contributed by atoms with E-state index in [1.165, 1.54) is 0 Å². The zero-order chi connectivity index (χ0) is 17.5. The number of carbonyl (C=O) groups excluding carboxylic acids is 1. The Kier molecular flexibility index (Phi) is 8.34. The molecule has 1 aliphatic carbocycles. The van der Waals surface area contributed by atoms with Gasteiger partial charge in [0.2, 0.25) is 0 Å². The highest BCUT2D eigenvalue weighted by Crippen LogP contribution is 2.20. The van der Waals surface area contributed by atoms with Crippen LogP contribution in [0.4, 0.5) is 4.79 Å². The van der Waals surface area contributed by atoms with E-state index < -0.39 is 5.60 Å². The number of alkyl carbamates (subject to hydrolysis) is 1. The van der Waals surface area contributed by atoms with Gasteiger partial charge in [0.25, 0.3) is 0 Å². The molecule has 1 saturated carbocycles. The van der Waals surface area contributed by atoms with Crippen molar-refractivity contribution in [3.8, 4) is 0 Å². The van der Waals surface area contributed by atoms with Crippen molar-refractivity contribution in [3.05, 3.63) is 0 Å². The van der Waals surface area contributed by atoms with E-state index in [1.54, 1.807) is 0 Å². The van der Waals surface area contributed by atoms with E-state index in [0.29, 0.717) is 18.5 Å². The molecule has 5 nitrogen and oxygen atoms in total. The van der Waals surface area contributed by atoms with Gasteiger partial charge in [-0.2, -0.15) is 0 Å². The third-order valence-electron chi connectivity index (χ3n) is 4.66. The van der Waals surface area contributed by atoms with Crippen LogP contribution in [0.2, 0.25) is 0 Å². The molecule has 0 heterocycles. The molecule has 1 fully saturated rings. The maximum atomic E-state index is 11.8. The molecule has 1 unspecified atom stereocenters. The van der Waals surface area contributed by atoms with E-state index in [0.717, 1.165) is 38.5 Å². The number of carbonyl (C=O) groups is 1. The molecule has 1 atom stereocenters. The van der Waals surface area contributed by atoms with Crippen LogP contribution in [0.1, 0.15) is 73.1 Å². The van der Waals surface area contributed by atoms with Crippen LogP contribution in [0.15, 0.2) is 0 Å². The number of ether oxygens (including phenoxy) is 1. The van der Waals surface area contributed by atoms with Crippen molar-refractivity contribution >= 4 is 6.09 Å². The van der Waals surface area contributed by atoms with Crippen molar-refractivity contribution < 1.29 is 14.6 Å². The van der Waals surface area contributed by atoms with E-state index in [9.17, 15) is 9.90 Å². The molecule has 1 amide bonds. The van der Waals surface area contributed by atoms with Crippen molar-refractivity contribution in [2.24, 2.45) is 5.92 Å². The first-order valence-corrected chi connectivity index (χ1v) is 9.16. The molecule has 1 rings (SSSR count). The zero-order valence-corrected chi connectivity index (χ0v) is 15.5. The number of amides is 1. The highest BCUT2D eigenvalue weighted by Gasteiger charge is 2.25. The van der Waals surface area contributed by atoms with E-state index in [2.05, 4.69) is 24.5 Å². The molecule has 1 aliphatic rings. The lowest BCUT2D eigenvalue weighted by atomic mass is 9.90. The van der Waals surface area contributed by atoms with E-state index in [1.807, 2.05) is 20.8 Å². The summed E-state index contributed by atoms with van der Waals surface area (Å²) in [7, 11) is 0. The first-order valence-electron chi connectivity index (χ1n) is 9.16. The fourth-order valence-electron chi connectivity index (χ4n) is 3.20. The Morgan fingerprint density at radius 1 is 1.13 bits per heavy atom. The van der Waals surface area contributed by atoms with Crippen LogP contribution in [0, 0.1) is 5.92 Å². The van der Waals surface area contributed by atoms with Crippen LogP contribution < -0.4 is 10.6 Å². The summed E-state index contributed by atoms with van der Waals surface area (Å²) in [4.78, 5) is 11.8. The molecule has 136 valence electrons. The van der Waals surface area contributed by atoms with Gasteiger partial charge < -0.3 is 20.5 Å². The van der Waals surface area contributed by atoms with Crippen LogP contribution in [0.25, 0.3) is 0 Å². The Morgan fingerprint density at radius 3 is 2.13 bits per heavy atom. The molecule has 23 heavy (non-hydrogen) atoms. The van der Waals surface area contributed by atoms with Gasteiger partial charge >= 0.3 is 6.09 Å². The SMILES string of the molecule is CCC(CC)C(O)CNC1CCC(NC(=O)OC(C)(C)C)CC1. The van der Waals surface area contributed by atoms with Crippen LogP contribution in [0.5, 0.6) is 0 Å². The molecule has 5 heteroatoms. The smallest absolute Gasteiger partial charge is 0.407 e. The third kappa shape index (κ3) is 8.02. The molecule has 0 aromatic carbocycles. The average molecular weight is 328 g/mol. The summed E-state index contributed by atoms with van der Waals surface area (Å²) in [5.41, 5.74) is -0.450. The molecule has 0 spiro atoms. The van der Waals surface area contributed by atoms with E-state index in [-0.39, 0.29) is 18.2 Å². The second-order valence-electron chi connectivity index (χ2n) is 7.75. The number of hydrogen-bond donors (Lipinski definition) is 3. The average Bonchev–Trinajstić information content (AvgIpc) is 2.45. The number of aliphatic hydroxyl groups excluding tert-OH is 1. The molecule has 0 radical (unpaired) electrons. The number of aliphatic hydroxyl groups is 1. The molecule has 0 aliphatic heterocycles. The van der Waals surface area contributed by atoms with Gasteiger partial charge in [-0.25, -0.2) is 4.79 Å². The lowest BCUT2D eigenvalue weighted by Gasteiger charge is -2.31. The maximum absolute atomic E-state index is 11.8. The molecule has 0 aromatic rings. The van der Waals surface area contributed by atoms with Gasteiger partial charge in [-0.15, -0.1) is 0 Å². The lowest BCUT2D eigenvalue weighted by molar-refractivity contribution is 0.0488. The predicted octanol–water partition coefficient (Wildman–Crippen LogP) is 3.21. The monoisotopic (exact) mass is 328 g/mol. The van der Waals surface area contributed by atoms with E-state index in [4.69, 9.17) is 4.74 Å². The van der Waals surface area contributed by atoms with Gasteiger partial charge in [-0.3, -0.25) is 0 Å². The summed E-state index contributed by atoms with van der Waals surface area (Å²) in [5.74, 6) is 0.382. The minimum absolute atomic E-state index is 0.201. The Balaban J connectivity index is 2.24. The highest BCUT2D eigenvalue weighted by molar-refractivity contribution is 5.68. The van der Waals surface area contributed by atoms with Crippen molar-refractivity contribution in [2.45, 2.75) is 96.9 Å². The van der Waals surface area contributed by atoms with Crippen molar-refractivity contribution in [1.82, 2.24) is 10.6 Å². The minimum Gasteiger partial charge on any atom is -0.444 e. The first kappa shape index (κ1) is 20.2. The summed E-state index contributed by atoms with van der Waals surface area (Å²) in [6.07, 6.45) is 5.42. The summed E-state index contributed by atoms with van der Waals surface area (Å²) in [6.45, 7) is 10.5. The molecular formula is C18H36N2O3. The molecule has 0 aromatic heterocycles. The Morgan fingerprint density at radius 2 is 1.65 bits per heavy atom. The van der Waals surface area contributed by atoms with Crippen LogP contribution in [-0.4, -0.2) is 41.5 Å². The standard InChI is InChI=1S/C18H36N2O3/c1-6-13(7-2)16(21)12-19-14-8-10-15(11-9-14)20-17(22)23-18(3,4)5/h13-16,19,21H,6-12H2,1-5H3,(H,20,22). The summed E-state index contributed by atoms with van der Waals surface area (Å²) in [6, 6.07) is 0.641. The Labute approximate surface area is 141 Å².